The zero-order chi connectivity index (χ0) is 22.8. The van der Waals surface area contributed by atoms with Gasteiger partial charge >= 0.3 is 12.0 Å². The second-order valence-corrected chi connectivity index (χ2v) is 6.89. The van der Waals surface area contributed by atoms with Crippen LogP contribution in [-0.4, -0.2) is 49.8 Å². The minimum atomic E-state index is -0.914. The molecule has 0 fully saturated rings. The number of carboxylic acid groups (broad SMARTS) is 1. The molecule has 166 valence electrons. The highest BCUT2D eigenvalue weighted by Crippen LogP contribution is 2.30. The zero-order valence-electron chi connectivity index (χ0n) is 17.9. The summed E-state index contributed by atoms with van der Waals surface area (Å²) < 4.78 is 5.42. The van der Waals surface area contributed by atoms with Crippen molar-refractivity contribution < 1.29 is 24.2 Å². The lowest BCUT2D eigenvalue weighted by molar-refractivity contribution is -0.136. The average Bonchev–Trinajstić information content (AvgIpc) is 2.72. The maximum absolute atomic E-state index is 12.4. The molecule has 3 amide bonds. The topological polar surface area (TPSA) is 120 Å². The van der Waals surface area contributed by atoms with Crippen LogP contribution in [0, 0.1) is 6.92 Å². The summed E-state index contributed by atoms with van der Waals surface area (Å²) in [4.78, 5) is 36.4. The molecule has 9 heteroatoms. The second kappa shape index (κ2) is 11.4. The molecule has 0 spiro atoms. The molecule has 4 N–H and O–H groups in total. The number of para-hydroxylation sites is 1. The van der Waals surface area contributed by atoms with Gasteiger partial charge in [0.2, 0.25) is 5.91 Å². The molecule has 0 saturated heterocycles. The molecule has 2 rings (SSSR count). The number of hydrogen-bond acceptors (Lipinski definition) is 5. The van der Waals surface area contributed by atoms with Crippen molar-refractivity contribution in [1.29, 1.82) is 0 Å². The standard InChI is InChI=1S/C22H28N4O5/c1-15-6-4-5-7-18(15)24-22(30)25-19-9-8-17(14-20(19)31-3)26(12-10-21(28)29)13-11-23-16(2)27/h4-9,14H,10-13H2,1-3H3,(H,23,27)(H,28,29)(H2,24,25,30). The maximum Gasteiger partial charge on any atom is 0.323 e. The summed E-state index contributed by atoms with van der Waals surface area (Å²) in [6.07, 6.45) is -0.0543. The molecule has 9 nitrogen and oxygen atoms in total. The first-order chi connectivity index (χ1) is 14.8. The molecule has 31 heavy (non-hydrogen) atoms. The van der Waals surface area contributed by atoms with Crippen LogP contribution in [-0.2, 0) is 9.59 Å². The smallest absolute Gasteiger partial charge is 0.323 e. The summed E-state index contributed by atoms with van der Waals surface area (Å²) in [6.45, 7) is 4.38. The number of hydrogen-bond donors (Lipinski definition) is 4. The minimum Gasteiger partial charge on any atom is -0.494 e. The van der Waals surface area contributed by atoms with Gasteiger partial charge in [0.05, 0.1) is 19.2 Å². The molecule has 2 aromatic rings. The number of urea groups is 1. The lowest BCUT2D eigenvalue weighted by atomic mass is 10.2. The predicted octanol–water partition coefficient (Wildman–Crippen LogP) is 3.06. The van der Waals surface area contributed by atoms with Gasteiger partial charge in [-0.25, -0.2) is 4.79 Å². The van der Waals surface area contributed by atoms with E-state index in [1.165, 1.54) is 14.0 Å². The second-order valence-electron chi connectivity index (χ2n) is 6.89. The lowest BCUT2D eigenvalue weighted by Crippen LogP contribution is -2.35. The van der Waals surface area contributed by atoms with Crippen molar-refractivity contribution in [1.82, 2.24) is 5.32 Å². The number of aryl methyl sites for hydroxylation is 1. The van der Waals surface area contributed by atoms with Crippen LogP contribution in [0.25, 0.3) is 0 Å². The Bertz CT molecular complexity index is 932. The number of amides is 3. The Morgan fingerprint density at radius 3 is 2.39 bits per heavy atom. The number of ether oxygens (including phenoxy) is 1. The third-order valence-electron chi connectivity index (χ3n) is 4.54. The van der Waals surface area contributed by atoms with E-state index >= 15 is 0 Å². The molecule has 0 aliphatic heterocycles. The summed E-state index contributed by atoms with van der Waals surface area (Å²) in [7, 11) is 1.49. The fourth-order valence-corrected chi connectivity index (χ4v) is 2.94. The molecular formula is C22H28N4O5. The highest BCUT2D eigenvalue weighted by Gasteiger charge is 2.14. The summed E-state index contributed by atoms with van der Waals surface area (Å²) in [6, 6.07) is 12.2. The van der Waals surface area contributed by atoms with Crippen LogP contribution in [0.1, 0.15) is 18.9 Å². The fraction of sp³-hybridized carbons (Fsp3) is 0.318. The van der Waals surface area contributed by atoms with E-state index in [1.54, 1.807) is 18.2 Å². The van der Waals surface area contributed by atoms with E-state index in [0.29, 0.717) is 35.9 Å². The van der Waals surface area contributed by atoms with Gasteiger partial charge in [0.1, 0.15) is 5.75 Å². The van der Waals surface area contributed by atoms with E-state index in [0.717, 1.165) is 5.56 Å². The van der Waals surface area contributed by atoms with Gasteiger partial charge in [-0.2, -0.15) is 0 Å². The molecule has 0 bridgehead atoms. The molecular weight excluding hydrogens is 400 g/mol. The Morgan fingerprint density at radius 2 is 1.74 bits per heavy atom. The van der Waals surface area contributed by atoms with Crippen LogP contribution in [0.2, 0.25) is 0 Å². The summed E-state index contributed by atoms with van der Waals surface area (Å²) in [5, 5.41) is 17.3. The minimum absolute atomic E-state index is 0.0543. The van der Waals surface area contributed by atoms with Crippen LogP contribution in [0.4, 0.5) is 21.9 Å². The molecule has 0 heterocycles. The van der Waals surface area contributed by atoms with Gasteiger partial charge in [-0.1, -0.05) is 18.2 Å². The van der Waals surface area contributed by atoms with Gasteiger partial charge in [0.15, 0.2) is 0 Å². The Labute approximate surface area is 181 Å². The SMILES string of the molecule is COc1cc(N(CCNC(C)=O)CCC(=O)O)ccc1NC(=O)Nc1ccccc1C. The first-order valence-electron chi connectivity index (χ1n) is 9.83. The number of carbonyl (C=O) groups excluding carboxylic acids is 2. The van der Waals surface area contributed by atoms with Gasteiger partial charge in [0, 0.05) is 44.0 Å². The van der Waals surface area contributed by atoms with Crippen molar-refractivity contribution >= 4 is 35.0 Å². The number of carbonyl (C=O) groups is 3. The number of nitrogens with one attached hydrogen (secondary N) is 3. The van der Waals surface area contributed by atoms with E-state index in [4.69, 9.17) is 9.84 Å². The van der Waals surface area contributed by atoms with Crippen molar-refractivity contribution in [2.24, 2.45) is 0 Å². The fourth-order valence-electron chi connectivity index (χ4n) is 2.94. The number of anilines is 3. The van der Waals surface area contributed by atoms with E-state index in [1.807, 2.05) is 36.1 Å². The van der Waals surface area contributed by atoms with E-state index in [9.17, 15) is 14.4 Å². The molecule has 0 saturated carbocycles. The van der Waals surface area contributed by atoms with E-state index in [-0.39, 0.29) is 18.9 Å². The Kier molecular flexibility index (Phi) is 8.68. The molecule has 0 atom stereocenters. The average molecular weight is 428 g/mol. The van der Waals surface area contributed by atoms with Crippen molar-refractivity contribution in [2.75, 3.05) is 42.3 Å². The molecule has 0 aliphatic rings. The number of aliphatic carboxylic acids is 1. The molecule has 2 aromatic carbocycles. The van der Waals surface area contributed by atoms with Crippen molar-refractivity contribution in [3.05, 3.63) is 48.0 Å². The van der Waals surface area contributed by atoms with E-state index < -0.39 is 12.0 Å². The van der Waals surface area contributed by atoms with Gasteiger partial charge in [-0.05, 0) is 30.7 Å². The Balaban J connectivity index is 2.14. The van der Waals surface area contributed by atoms with Crippen LogP contribution in [0.15, 0.2) is 42.5 Å². The Morgan fingerprint density at radius 1 is 1.03 bits per heavy atom. The number of carboxylic acids is 1. The van der Waals surface area contributed by atoms with Gasteiger partial charge in [-0.15, -0.1) is 0 Å². The molecule has 0 aliphatic carbocycles. The first kappa shape index (κ1) is 23.5. The van der Waals surface area contributed by atoms with Crippen molar-refractivity contribution in [3.63, 3.8) is 0 Å². The monoisotopic (exact) mass is 428 g/mol. The number of rotatable bonds is 10. The maximum atomic E-state index is 12.4. The highest BCUT2D eigenvalue weighted by atomic mass is 16.5. The number of methoxy groups -OCH3 is 1. The zero-order valence-corrected chi connectivity index (χ0v) is 17.9. The lowest BCUT2D eigenvalue weighted by Gasteiger charge is -2.25. The van der Waals surface area contributed by atoms with Crippen LogP contribution in [0.3, 0.4) is 0 Å². The Hall–Kier alpha value is -3.75. The third kappa shape index (κ3) is 7.54. The summed E-state index contributed by atoms with van der Waals surface area (Å²) in [5.74, 6) is -0.644. The molecule has 0 unspecified atom stereocenters. The summed E-state index contributed by atoms with van der Waals surface area (Å²) in [5.41, 5.74) is 2.83. The quantitative estimate of drug-likeness (QED) is 0.462. The van der Waals surface area contributed by atoms with Crippen LogP contribution in [0.5, 0.6) is 5.75 Å². The first-order valence-corrected chi connectivity index (χ1v) is 9.83. The van der Waals surface area contributed by atoms with Gasteiger partial charge in [-0.3, -0.25) is 9.59 Å². The van der Waals surface area contributed by atoms with Gasteiger partial charge < -0.3 is 30.7 Å². The largest absolute Gasteiger partial charge is 0.494 e. The summed E-state index contributed by atoms with van der Waals surface area (Å²) >= 11 is 0. The van der Waals surface area contributed by atoms with Crippen molar-refractivity contribution in [2.45, 2.75) is 20.3 Å². The van der Waals surface area contributed by atoms with Crippen LogP contribution >= 0.6 is 0 Å². The molecule has 0 radical (unpaired) electrons. The normalized spacial score (nSPS) is 10.2. The number of nitrogens with zero attached hydrogens (tertiary/aromatic N) is 1. The molecule has 0 aromatic heterocycles. The van der Waals surface area contributed by atoms with Crippen molar-refractivity contribution in [3.8, 4) is 5.75 Å². The van der Waals surface area contributed by atoms with Gasteiger partial charge in [0.25, 0.3) is 0 Å². The highest BCUT2D eigenvalue weighted by molar-refractivity contribution is 6.01. The third-order valence-corrected chi connectivity index (χ3v) is 4.54. The van der Waals surface area contributed by atoms with Crippen LogP contribution < -0.4 is 25.6 Å². The predicted molar refractivity (Wildman–Crippen MR) is 120 cm³/mol. The number of benzene rings is 2. The van der Waals surface area contributed by atoms with E-state index in [2.05, 4.69) is 16.0 Å².